The van der Waals surface area contributed by atoms with E-state index in [9.17, 15) is 4.21 Å². The van der Waals surface area contributed by atoms with E-state index in [0.717, 1.165) is 24.3 Å². The third-order valence-corrected chi connectivity index (χ3v) is 5.21. The normalized spacial score (nSPS) is 15.8. The number of methoxy groups -OCH3 is 1. The van der Waals surface area contributed by atoms with Gasteiger partial charge in [-0.05, 0) is 19.0 Å². The van der Waals surface area contributed by atoms with Crippen molar-refractivity contribution >= 4 is 10.8 Å². The Hall–Kier alpha value is -0.870. The van der Waals surface area contributed by atoms with Crippen LogP contribution in [0.25, 0.3) is 0 Å². The van der Waals surface area contributed by atoms with Crippen LogP contribution in [0.4, 0.5) is 0 Å². The molecule has 0 bridgehead atoms. The standard InChI is InChI=1S/C15H25NO2S/c1-5-12(3)19(17)11-14(16-6-2)13-9-7-8-10-15(13)18-4/h7-10,12,14,16H,5-6,11H2,1-4H3. The number of rotatable bonds is 8. The minimum atomic E-state index is -0.825. The highest BCUT2D eigenvalue weighted by molar-refractivity contribution is 7.85. The molecule has 1 aromatic carbocycles. The van der Waals surface area contributed by atoms with E-state index in [-0.39, 0.29) is 11.3 Å². The summed E-state index contributed by atoms with van der Waals surface area (Å²) in [5.74, 6) is 1.48. The fourth-order valence-electron chi connectivity index (χ4n) is 1.97. The quantitative estimate of drug-likeness (QED) is 0.797. The van der Waals surface area contributed by atoms with E-state index in [1.54, 1.807) is 7.11 Å². The highest BCUT2D eigenvalue weighted by atomic mass is 32.2. The van der Waals surface area contributed by atoms with E-state index in [2.05, 4.69) is 19.2 Å². The first-order valence-corrected chi connectivity index (χ1v) is 8.25. The lowest BCUT2D eigenvalue weighted by Crippen LogP contribution is -2.29. The summed E-state index contributed by atoms with van der Waals surface area (Å²) in [4.78, 5) is 0. The van der Waals surface area contributed by atoms with Gasteiger partial charge in [-0.2, -0.15) is 0 Å². The van der Waals surface area contributed by atoms with E-state index in [0.29, 0.717) is 5.75 Å². The third kappa shape index (κ3) is 4.62. The van der Waals surface area contributed by atoms with Gasteiger partial charge in [-0.15, -0.1) is 0 Å². The number of para-hydroxylation sites is 1. The monoisotopic (exact) mass is 283 g/mol. The first kappa shape index (κ1) is 16.2. The average Bonchev–Trinajstić information content (AvgIpc) is 2.45. The van der Waals surface area contributed by atoms with Crippen LogP contribution in [0.2, 0.25) is 0 Å². The van der Waals surface area contributed by atoms with E-state index in [1.807, 2.05) is 31.2 Å². The van der Waals surface area contributed by atoms with E-state index in [1.165, 1.54) is 0 Å². The number of nitrogens with one attached hydrogen (secondary N) is 1. The van der Waals surface area contributed by atoms with Gasteiger partial charge >= 0.3 is 0 Å². The smallest absolute Gasteiger partial charge is 0.123 e. The molecule has 0 fully saturated rings. The maximum Gasteiger partial charge on any atom is 0.123 e. The largest absolute Gasteiger partial charge is 0.496 e. The molecular formula is C15H25NO2S. The van der Waals surface area contributed by atoms with Gasteiger partial charge in [0, 0.05) is 33.4 Å². The van der Waals surface area contributed by atoms with Crippen LogP contribution < -0.4 is 10.1 Å². The van der Waals surface area contributed by atoms with Crippen LogP contribution in [0.3, 0.4) is 0 Å². The molecule has 0 aliphatic heterocycles. The van der Waals surface area contributed by atoms with Gasteiger partial charge in [0.15, 0.2) is 0 Å². The Labute approximate surface area is 119 Å². The minimum Gasteiger partial charge on any atom is -0.496 e. The van der Waals surface area contributed by atoms with Crippen molar-refractivity contribution in [1.29, 1.82) is 0 Å². The van der Waals surface area contributed by atoms with E-state index >= 15 is 0 Å². The maximum atomic E-state index is 12.3. The topological polar surface area (TPSA) is 38.3 Å². The van der Waals surface area contributed by atoms with Gasteiger partial charge in [0.05, 0.1) is 7.11 Å². The predicted octanol–water partition coefficient (Wildman–Crippen LogP) is 2.89. The van der Waals surface area contributed by atoms with Gasteiger partial charge in [-0.1, -0.05) is 39.0 Å². The fraction of sp³-hybridized carbons (Fsp3) is 0.600. The van der Waals surface area contributed by atoms with Crippen LogP contribution in [0.1, 0.15) is 38.8 Å². The molecule has 0 heterocycles. The Morgan fingerprint density at radius 2 is 2.00 bits per heavy atom. The molecule has 1 rings (SSSR count). The molecule has 3 unspecified atom stereocenters. The van der Waals surface area contributed by atoms with Crippen molar-refractivity contribution in [2.24, 2.45) is 0 Å². The lowest BCUT2D eigenvalue weighted by atomic mass is 10.1. The SMILES string of the molecule is CCNC(CS(=O)C(C)CC)c1ccccc1OC. The van der Waals surface area contributed by atoms with Crippen LogP contribution in [-0.2, 0) is 10.8 Å². The van der Waals surface area contributed by atoms with Gasteiger partial charge in [0.25, 0.3) is 0 Å². The Morgan fingerprint density at radius 3 is 2.58 bits per heavy atom. The first-order chi connectivity index (χ1) is 9.13. The third-order valence-electron chi connectivity index (χ3n) is 3.32. The van der Waals surface area contributed by atoms with Crippen LogP contribution in [0.15, 0.2) is 24.3 Å². The lowest BCUT2D eigenvalue weighted by Gasteiger charge is -2.21. The molecule has 108 valence electrons. The van der Waals surface area contributed by atoms with Crippen molar-refractivity contribution in [2.45, 2.75) is 38.5 Å². The summed E-state index contributed by atoms with van der Waals surface area (Å²) < 4.78 is 17.7. The Kier molecular flexibility index (Phi) is 7.10. The van der Waals surface area contributed by atoms with Gasteiger partial charge in [-0.25, -0.2) is 0 Å². The second-order valence-corrected chi connectivity index (χ2v) is 6.52. The van der Waals surface area contributed by atoms with Crippen LogP contribution in [0, 0.1) is 0 Å². The molecule has 0 aromatic heterocycles. The summed E-state index contributed by atoms with van der Waals surface area (Å²) in [6.07, 6.45) is 0.942. The number of ether oxygens (including phenoxy) is 1. The summed E-state index contributed by atoms with van der Waals surface area (Å²) in [6, 6.07) is 8.02. The van der Waals surface area contributed by atoms with Gasteiger partial charge < -0.3 is 10.1 Å². The Bertz CT molecular complexity index is 409. The summed E-state index contributed by atoms with van der Waals surface area (Å²) in [5, 5.41) is 3.64. The zero-order valence-electron chi connectivity index (χ0n) is 12.3. The lowest BCUT2D eigenvalue weighted by molar-refractivity contribution is 0.402. The number of hydrogen-bond acceptors (Lipinski definition) is 3. The molecule has 0 spiro atoms. The van der Waals surface area contributed by atoms with Crippen molar-refractivity contribution < 1.29 is 8.95 Å². The van der Waals surface area contributed by atoms with Crippen LogP contribution in [-0.4, -0.2) is 28.9 Å². The molecule has 0 aliphatic carbocycles. The Morgan fingerprint density at radius 1 is 1.32 bits per heavy atom. The molecule has 4 heteroatoms. The van der Waals surface area contributed by atoms with Crippen molar-refractivity contribution in [3.8, 4) is 5.75 Å². The van der Waals surface area contributed by atoms with Gasteiger partial charge in [0.1, 0.15) is 5.75 Å². The number of hydrogen-bond donors (Lipinski definition) is 1. The predicted molar refractivity (Wildman–Crippen MR) is 82.2 cm³/mol. The highest BCUT2D eigenvalue weighted by Gasteiger charge is 2.20. The van der Waals surface area contributed by atoms with Crippen molar-refractivity contribution in [1.82, 2.24) is 5.32 Å². The molecule has 0 saturated heterocycles. The highest BCUT2D eigenvalue weighted by Crippen LogP contribution is 2.26. The average molecular weight is 283 g/mol. The zero-order valence-corrected chi connectivity index (χ0v) is 13.1. The van der Waals surface area contributed by atoms with Crippen LogP contribution in [0.5, 0.6) is 5.75 Å². The molecule has 0 aliphatic rings. The molecule has 1 aromatic rings. The van der Waals surface area contributed by atoms with Gasteiger partial charge in [-0.3, -0.25) is 4.21 Å². The van der Waals surface area contributed by atoms with E-state index in [4.69, 9.17) is 4.74 Å². The first-order valence-electron chi connectivity index (χ1n) is 6.87. The fourth-order valence-corrected chi connectivity index (χ4v) is 3.30. The molecule has 0 saturated carbocycles. The molecule has 3 atom stereocenters. The second kappa shape index (κ2) is 8.33. The van der Waals surface area contributed by atoms with Crippen molar-refractivity contribution in [3.63, 3.8) is 0 Å². The summed E-state index contributed by atoms with van der Waals surface area (Å²) >= 11 is 0. The minimum absolute atomic E-state index is 0.0796. The summed E-state index contributed by atoms with van der Waals surface area (Å²) in [7, 11) is 0.849. The van der Waals surface area contributed by atoms with Crippen molar-refractivity contribution in [2.75, 3.05) is 19.4 Å². The molecule has 0 amide bonds. The van der Waals surface area contributed by atoms with Crippen molar-refractivity contribution in [3.05, 3.63) is 29.8 Å². The van der Waals surface area contributed by atoms with Gasteiger partial charge in [0.2, 0.25) is 0 Å². The second-order valence-electron chi connectivity index (χ2n) is 4.62. The molecular weight excluding hydrogens is 258 g/mol. The maximum absolute atomic E-state index is 12.3. The van der Waals surface area contributed by atoms with E-state index < -0.39 is 10.8 Å². The molecule has 1 N–H and O–H groups in total. The Balaban J connectivity index is 2.90. The number of benzene rings is 1. The molecule has 0 radical (unpaired) electrons. The zero-order chi connectivity index (χ0) is 14.3. The summed E-state index contributed by atoms with van der Waals surface area (Å²) in [6.45, 7) is 7.03. The molecule has 3 nitrogen and oxygen atoms in total. The molecule has 19 heavy (non-hydrogen) atoms. The van der Waals surface area contributed by atoms with Crippen LogP contribution >= 0.6 is 0 Å². The summed E-state index contributed by atoms with van der Waals surface area (Å²) in [5.41, 5.74) is 1.09.